The highest BCUT2D eigenvalue weighted by Crippen LogP contribution is 2.28. The number of anilines is 1. The van der Waals surface area contributed by atoms with Crippen molar-refractivity contribution >= 4 is 44.7 Å². The highest BCUT2D eigenvalue weighted by Gasteiger charge is 2.12. The van der Waals surface area contributed by atoms with Gasteiger partial charge in [-0.25, -0.2) is 0 Å². The molecule has 8 heteroatoms. The number of nitrogens with zero attached hydrogens (tertiary/aromatic N) is 1. The van der Waals surface area contributed by atoms with Gasteiger partial charge in [0.05, 0.1) is 23.6 Å². The lowest BCUT2D eigenvalue weighted by Gasteiger charge is -2.09. The zero-order chi connectivity index (χ0) is 17.0. The standard InChI is InChI=1S/C15H12BrClN2O4/c1-23-15-5-2-9(6-12(15)17)14(20)8-18-13-4-3-10(19(21)22)7-11(13)16/h2-7,18H,8H2,1H3. The zero-order valence-corrected chi connectivity index (χ0v) is 14.3. The lowest BCUT2D eigenvalue weighted by molar-refractivity contribution is -0.384. The van der Waals surface area contributed by atoms with Crippen LogP contribution < -0.4 is 10.1 Å². The Bertz CT molecular complexity index is 767. The molecule has 0 bridgehead atoms. The third kappa shape index (κ3) is 4.20. The van der Waals surface area contributed by atoms with E-state index in [1.54, 1.807) is 12.1 Å². The van der Waals surface area contributed by atoms with Crippen LogP contribution in [0.4, 0.5) is 11.4 Å². The molecule has 0 radical (unpaired) electrons. The first-order chi connectivity index (χ1) is 10.9. The second-order valence-electron chi connectivity index (χ2n) is 4.55. The topological polar surface area (TPSA) is 81.5 Å². The van der Waals surface area contributed by atoms with Crippen molar-refractivity contribution in [1.82, 2.24) is 0 Å². The summed E-state index contributed by atoms with van der Waals surface area (Å²) in [6, 6.07) is 9.06. The van der Waals surface area contributed by atoms with E-state index in [9.17, 15) is 14.9 Å². The largest absolute Gasteiger partial charge is 0.495 e. The molecule has 2 rings (SSSR count). The quantitative estimate of drug-likeness (QED) is 0.444. The van der Waals surface area contributed by atoms with Crippen molar-refractivity contribution in [3.8, 4) is 5.75 Å². The fourth-order valence-electron chi connectivity index (χ4n) is 1.88. The predicted molar refractivity (Wildman–Crippen MR) is 91.6 cm³/mol. The van der Waals surface area contributed by atoms with Gasteiger partial charge in [0.1, 0.15) is 5.75 Å². The number of methoxy groups -OCH3 is 1. The van der Waals surface area contributed by atoms with Gasteiger partial charge in [0, 0.05) is 27.9 Å². The Morgan fingerprint density at radius 1 is 1.35 bits per heavy atom. The molecule has 0 spiro atoms. The maximum Gasteiger partial charge on any atom is 0.270 e. The van der Waals surface area contributed by atoms with Crippen LogP contribution in [0.1, 0.15) is 10.4 Å². The SMILES string of the molecule is COc1ccc(C(=O)CNc2ccc([N+](=O)[O-])cc2Br)cc1Cl. The Hall–Kier alpha value is -2.12. The first-order valence-electron chi connectivity index (χ1n) is 6.47. The van der Waals surface area contributed by atoms with Gasteiger partial charge in [-0.3, -0.25) is 14.9 Å². The van der Waals surface area contributed by atoms with E-state index in [4.69, 9.17) is 16.3 Å². The molecule has 1 N–H and O–H groups in total. The van der Waals surface area contributed by atoms with Gasteiger partial charge in [-0.1, -0.05) is 11.6 Å². The van der Waals surface area contributed by atoms with Crippen LogP contribution in [-0.2, 0) is 0 Å². The highest BCUT2D eigenvalue weighted by atomic mass is 79.9. The van der Waals surface area contributed by atoms with Crippen molar-refractivity contribution < 1.29 is 14.5 Å². The molecule has 120 valence electrons. The number of ketones is 1. The van der Waals surface area contributed by atoms with E-state index in [0.29, 0.717) is 26.5 Å². The molecule has 23 heavy (non-hydrogen) atoms. The van der Waals surface area contributed by atoms with Crippen LogP contribution in [0.15, 0.2) is 40.9 Å². The summed E-state index contributed by atoms with van der Waals surface area (Å²) in [5, 5.41) is 14.0. The smallest absolute Gasteiger partial charge is 0.270 e. The van der Waals surface area contributed by atoms with Gasteiger partial charge >= 0.3 is 0 Å². The van der Waals surface area contributed by atoms with Gasteiger partial charge < -0.3 is 10.1 Å². The summed E-state index contributed by atoms with van der Waals surface area (Å²) in [5.74, 6) is 0.328. The monoisotopic (exact) mass is 398 g/mol. The fraction of sp³-hybridized carbons (Fsp3) is 0.133. The third-order valence-electron chi connectivity index (χ3n) is 3.08. The number of hydrogen-bond donors (Lipinski definition) is 1. The molecule has 0 aromatic heterocycles. The molecule has 0 amide bonds. The maximum absolute atomic E-state index is 12.2. The summed E-state index contributed by atoms with van der Waals surface area (Å²) in [6.07, 6.45) is 0. The number of non-ortho nitro benzene ring substituents is 1. The molecular formula is C15H12BrClN2O4. The normalized spacial score (nSPS) is 10.2. The summed E-state index contributed by atoms with van der Waals surface area (Å²) in [5.41, 5.74) is 1.00. The number of Topliss-reactive ketones (excluding diaryl/α,β-unsaturated/α-hetero) is 1. The summed E-state index contributed by atoms with van der Waals surface area (Å²) < 4.78 is 5.54. The predicted octanol–water partition coefficient (Wildman–Crippen LogP) is 4.31. The number of halogens is 2. The van der Waals surface area contributed by atoms with Crippen molar-refractivity contribution in [1.29, 1.82) is 0 Å². The lowest BCUT2D eigenvalue weighted by Crippen LogP contribution is -2.14. The van der Waals surface area contributed by atoms with Gasteiger partial charge in [-0.2, -0.15) is 0 Å². The first kappa shape index (κ1) is 17.2. The molecular weight excluding hydrogens is 388 g/mol. The second-order valence-corrected chi connectivity index (χ2v) is 5.81. The molecule has 0 fully saturated rings. The van der Waals surface area contributed by atoms with Gasteiger partial charge in [-0.05, 0) is 40.2 Å². The minimum Gasteiger partial charge on any atom is -0.495 e. The molecule has 6 nitrogen and oxygen atoms in total. The average molecular weight is 400 g/mol. The van der Waals surface area contributed by atoms with Crippen LogP contribution in [0, 0.1) is 10.1 Å². The van der Waals surface area contributed by atoms with Crippen molar-refractivity contribution in [3.05, 3.63) is 61.6 Å². The minimum atomic E-state index is -0.487. The van der Waals surface area contributed by atoms with E-state index in [2.05, 4.69) is 21.2 Å². The third-order valence-corrected chi connectivity index (χ3v) is 4.03. The summed E-state index contributed by atoms with van der Waals surface area (Å²) >= 11 is 9.23. The van der Waals surface area contributed by atoms with Crippen LogP contribution in [0.2, 0.25) is 5.02 Å². The van der Waals surface area contributed by atoms with Crippen LogP contribution in [0.25, 0.3) is 0 Å². The molecule has 0 saturated heterocycles. The number of benzene rings is 2. The van der Waals surface area contributed by atoms with E-state index in [-0.39, 0.29) is 18.0 Å². The van der Waals surface area contributed by atoms with Crippen LogP contribution in [-0.4, -0.2) is 24.4 Å². The Balaban J connectivity index is 2.07. The maximum atomic E-state index is 12.2. The Morgan fingerprint density at radius 2 is 2.09 bits per heavy atom. The fourth-order valence-corrected chi connectivity index (χ4v) is 2.64. The molecule has 0 heterocycles. The van der Waals surface area contributed by atoms with E-state index in [1.807, 2.05) is 0 Å². The van der Waals surface area contributed by atoms with Crippen molar-refractivity contribution in [2.75, 3.05) is 19.0 Å². The number of ether oxygens (including phenoxy) is 1. The minimum absolute atomic E-state index is 0.0269. The van der Waals surface area contributed by atoms with Crippen molar-refractivity contribution in [3.63, 3.8) is 0 Å². The zero-order valence-electron chi connectivity index (χ0n) is 12.0. The molecule has 2 aromatic carbocycles. The number of rotatable bonds is 6. The number of nitrogens with one attached hydrogen (secondary N) is 1. The second kappa shape index (κ2) is 7.43. The highest BCUT2D eigenvalue weighted by molar-refractivity contribution is 9.10. The van der Waals surface area contributed by atoms with E-state index >= 15 is 0 Å². The lowest BCUT2D eigenvalue weighted by atomic mass is 10.1. The van der Waals surface area contributed by atoms with Crippen LogP contribution in [0.5, 0.6) is 5.75 Å². The Labute approximate surface area is 145 Å². The summed E-state index contributed by atoms with van der Waals surface area (Å²) in [4.78, 5) is 22.4. The van der Waals surface area contributed by atoms with Crippen LogP contribution in [0.3, 0.4) is 0 Å². The molecule has 0 unspecified atom stereocenters. The van der Waals surface area contributed by atoms with E-state index in [0.717, 1.165) is 0 Å². The molecule has 0 saturated carbocycles. The summed E-state index contributed by atoms with van der Waals surface area (Å²) in [7, 11) is 1.50. The molecule has 2 aromatic rings. The van der Waals surface area contributed by atoms with Gasteiger partial charge in [0.15, 0.2) is 5.78 Å². The number of carbonyl (C=O) groups is 1. The van der Waals surface area contributed by atoms with Crippen LogP contribution >= 0.6 is 27.5 Å². The van der Waals surface area contributed by atoms with Gasteiger partial charge in [0.2, 0.25) is 0 Å². The Kier molecular flexibility index (Phi) is 5.57. The van der Waals surface area contributed by atoms with Gasteiger partial charge in [-0.15, -0.1) is 0 Å². The first-order valence-corrected chi connectivity index (χ1v) is 7.64. The number of nitro benzene ring substituents is 1. The van der Waals surface area contributed by atoms with Crippen molar-refractivity contribution in [2.24, 2.45) is 0 Å². The number of nitro groups is 1. The van der Waals surface area contributed by atoms with E-state index < -0.39 is 4.92 Å². The molecule has 0 atom stereocenters. The van der Waals surface area contributed by atoms with Gasteiger partial charge in [0.25, 0.3) is 5.69 Å². The number of carbonyl (C=O) groups excluding carboxylic acids is 1. The summed E-state index contributed by atoms with van der Waals surface area (Å²) in [6.45, 7) is 0.0269. The van der Waals surface area contributed by atoms with Crippen molar-refractivity contribution in [2.45, 2.75) is 0 Å². The van der Waals surface area contributed by atoms with E-state index in [1.165, 1.54) is 31.4 Å². The molecule has 0 aliphatic carbocycles. The Morgan fingerprint density at radius 3 is 2.65 bits per heavy atom. The molecule has 0 aliphatic heterocycles. The molecule has 0 aliphatic rings. The average Bonchev–Trinajstić information content (AvgIpc) is 2.53. The number of hydrogen-bond acceptors (Lipinski definition) is 5.